The topological polar surface area (TPSA) is 55.8 Å². The molecule has 1 amide bonds. The Labute approximate surface area is 214 Å². The number of rotatable bonds is 6. The fourth-order valence-corrected chi connectivity index (χ4v) is 5.64. The molecule has 2 saturated heterocycles. The van der Waals surface area contributed by atoms with E-state index in [4.69, 9.17) is 0 Å². The van der Waals surface area contributed by atoms with E-state index >= 15 is 0 Å². The molecular formula is C31H37N3O2. The van der Waals surface area contributed by atoms with Crippen molar-refractivity contribution in [3.63, 3.8) is 0 Å². The van der Waals surface area contributed by atoms with Gasteiger partial charge in [0.05, 0.1) is 11.6 Å². The molecule has 0 radical (unpaired) electrons. The van der Waals surface area contributed by atoms with Crippen molar-refractivity contribution in [1.82, 2.24) is 10.2 Å². The third-order valence-corrected chi connectivity index (χ3v) is 7.95. The lowest BCUT2D eigenvalue weighted by Crippen LogP contribution is -2.44. The second-order valence-electron chi connectivity index (χ2n) is 11.1. The summed E-state index contributed by atoms with van der Waals surface area (Å²) < 4.78 is 0. The van der Waals surface area contributed by atoms with Crippen LogP contribution in [0.2, 0.25) is 0 Å². The van der Waals surface area contributed by atoms with E-state index in [9.17, 15) is 9.90 Å². The first-order valence-electron chi connectivity index (χ1n) is 12.9. The van der Waals surface area contributed by atoms with Crippen LogP contribution in [-0.4, -0.2) is 48.1 Å². The fraction of sp³-hybridized carbons (Fsp3) is 0.387. The maximum absolute atomic E-state index is 13.4. The first-order valence-corrected chi connectivity index (χ1v) is 12.9. The molecule has 36 heavy (non-hydrogen) atoms. The number of carbonyl (C=O) groups excluding carboxylic acids is 1. The minimum Gasteiger partial charge on any atom is -0.386 e. The summed E-state index contributed by atoms with van der Waals surface area (Å²) in [5.41, 5.74) is 6.00. The normalized spacial score (nSPS) is 20.6. The van der Waals surface area contributed by atoms with E-state index in [2.05, 4.69) is 64.6 Å². The minimum atomic E-state index is -0.897. The summed E-state index contributed by atoms with van der Waals surface area (Å²) in [6, 6.07) is 23.6. The summed E-state index contributed by atoms with van der Waals surface area (Å²) >= 11 is 0. The molecule has 0 saturated carbocycles. The Morgan fingerprint density at radius 1 is 1.00 bits per heavy atom. The zero-order valence-corrected chi connectivity index (χ0v) is 22.0. The molecule has 2 N–H and O–H groups in total. The number of likely N-dealkylation sites (tertiary alicyclic amines) is 1. The molecule has 3 atom stereocenters. The Morgan fingerprint density at radius 2 is 1.72 bits per heavy atom. The Kier molecular flexibility index (Phi) is 6.39. The minimum absolute atomic E-state index is 0.0437. The second-order valence-corrected chi connectivity index (χ2v) is 11.1. The van der Waals surface area contributed by atoms with Gasteiger partial charge in [0.2, 0.25) is 0 Å². The molecule has 2 fully saturated rings. The molecule has 2 aliphatic rings. The highest BCUT2D eigenvalue weighted by molar-refractivity contribution is 5.97. The summed E-state index contributed by atoms with van der Waals surface area (Å²) in [6.45, 7) is 9.74. The van der Waals surface area contributed by atoms with Crippen LogP contribution in [-0.2, 0) is 5.60 Å². The molecule has 0 aromatic heterocycles. The zero-order valence-electron chi connectivity index (χ0n) is 22.0. The van der Waals surface area contributed by atoms with Crippen LogP contribution < -0.4 is 10.2 Å². The lowest BCUT2D eigenvalue weighted by Gasteiger charge is -2.34. The summed E-state index contributed by atoms with van der Waals surface area (Å²) in [7, 11) is 2.20. The Hall–Kier alpha value is -3.15. The van der Waals surface area contributed by atoms with Crippen LogP contribution in [0.15, 0.2) is 66.7 Å². The van der Waals surface area contributed by atoms with Crippen molar-refractivity contribution in [1.29, 1.82) is 0 Å². The van der Waals surface area contributed by atoms with E-state index in [-0.39, 0.29) is 11.9 Å². The number of fused-ring (bicyclic) bond motifs is 2. The lowest BCUT2D eigenvalue weighted by atomic mass is 9.93. The molecule has 5 nitrogen and oxygen atoms in total. The molecule has 3 aromatic carbocycles. The van der Waals surface area contributed by atoms with Crippen molar-refractivity contribution in [2.45, 2.75) is 57.8 Å². The van der Waals surface area contributed by atoms with Gasteiger partial charge in [-0.15, -0.1) is 0 Å². The number of benzene rings is 3. The van der Waals surface area contributed by atoms with E-state index in [0.717, 1.165) is 52.2 Å². The molecular weight excluding hydrogens is 446 g/mol. The van der Waals surface area contributed by atoms with Crippen LogP contribution in [0, 0.1) is 6.92 Å². The van der Waals surface area contributed by atoms with Crippen molar-refractivity contribution in [2.75, 3.05) is 25.0 Å². The highest BCUT2D eigenvalue weighted by atomic mass is 16.3. The van der Waals surface area contributed by atoms with E-state index in [1.54, 1.807) is 13.8 Å². The Morgan fingerprint density at radius 3 is 2.39 bits per heavy atom. The van der Waals surface area contributed by atoms with E-state index in [1.165, 1.54) is 6.42 Å². The first-order chi connectivity index (χ1) is 17.1. The first kappa shape index (κ1) is 24.5. The summed E-state index contributed by atoms with van der Waals surface area (Å²) in [5.74, 6) is -0.0437. The van der Waals surface area contributed by atoms with Crippen LogP contribution in [0.4, 0.5) is 5.69 Å². The number of nitrogens with one attached hydrogen (secondary N) is 1. The van der Waals surface area contributed by atoms with Gasteiger partial charge in [0.1, 0.15) is 0 Å². The fourth-order valence-electron chi connectivity index (χ4n) is 5.64. The van der Waals surface area contributed by atoms with Gasteiger partial charge >= 0.3 is 0 Å². The molecule has 0 spiro atoms. The third kappa shape index (κ3) is 4.78. The van der Waals surface area contributed by atoms with Gasteiger partial charge in [-0.3, -0.25) is 9.69 Å². The van der Waals surface area contributed by atoms with E-state index in [1.807, 2.05) is 38.1 Å². The van der Waals surface area contributed by atoms with Gasteiger partial charge in [0.25, 0.3) is 5.91 Å². The van der Waals surface area contributed by atoms with Crippen LogP contribution >= 0.6 is 0 Å². The summed E-state index contributed by atoms with van der Waals surface area (Å²) in [6.07, 6.45) is 1.21. The molecule has 2 bridgehead atoms. The predicted octanol–water partition coefficient (Wildman–Crippen LogP) is 5.27. The lowest BCUT2D eigenvalue weighted by molar-refractivity contribution is 0.0786. The molecule has 0 aliphatic carbocycles. The third-order valence-electron chi connectivity index (χ3n) is 7.95. The van der Waals surface area contributed by atoms with Crippen LogP contribution in [0.25, 0.3) is 11.1 Å². The largest absolute Gasteiger partial charge is 0.386 e. The van der Waals surface area contributed by atoms with E-state index in [0.29, 0.717) is 12.1 Å². The highest BCUT2D eigenvalue weighted by Gasteiger charge is 2.41. The van der Waals surface area contributed by atoms with Crippen LogP contribution in [0.1, 0.15) is 60.3 Å². The molecule has 3 aromatic rings. The number of aliphatic hydroxyl groups is 1. The van der Waals surface area contributed by atoms with Gasteiger partial charge in [0, 0.05) is 36.4 Å². The predicted molar refractivity (Wildman–Crippen MR) is 146 cm³/mol. The summed E-state index contributed by atoms with van der Waals surface area (Å²) in [4.78, 5) is 18.3. The monoisotopic (exact) mass is 483 g/mol. The molecule has 2 heterocycles. The molecule has 2 aliphatic heterocycles. The second kappa shape index (κ2) is 9.38. The van der Waals surface area contributed by atoms with Gasteiger partial charge in [-0.25, -0.2) is 0 Å². The number of piperazine rings is 1. The van der Waals surface area contributed by atoms with E-state index < -0.39 is 5.60 Å². The van der Waals surface area contributed by atoms with Crippen molar-refractivity contribution in [2.24, 2.45) is 0 Å². The molecule has 188 valence electrons. The quantitative estimate of drug-likeness (QED) is 0.501. The number of hydrogen-bond acceptors (Lipinski definition) is 4. The number of hydrogen-bond donors (Lipinski definition) is 2. The zero-order chi connectivity index (χ0) is 25.6. The number of carbonyl (C=O) groups is 1. The van der Waals surface area contributed by atoms with Gasteiger partial charge in [-0.2, -0.15) is 0 Å². The Balaban J connectivity index is 1.33. The highest BCUT2D eigenvalue weighted by Crippen LogP contribution is 2.34. The average Bonchev–Trinajstić information content (AvgIpc) is 3.43. The van der Waals surface area contributed by atoms with Crippen LogP contribution in [0.5, 0.6) is 0 Å². The number of aryl methyl sites for hydroxylation is 1. The average molecular weight is 484 g/mol. The van der Waals surface area contributed by atoms with Gasteiger partial charge in [-0.05, 0) is 93.2 Å². The van der Waals surface area contributed by atoms with Crippen LogP contribution in [0.3, 0.4) is 0 Å². The van der Waals surface area contributed by atoms with Gasteiger partial charge in [0.15, 0.2) is 0 Å². The smallest absolute Gasteiger partial charge is 0.252 e. The maximum Gasteiger partial charge on any atom is 0.252 e. The standard InChI is InChI=1S/C31H37N3O2/c1-20-12-13-26(34-19-27-16-28(34)18-33(27)5)17-29(20)30(35)32-21(2)22-8-6-9-23(14-22)24-10-7-11-25(15-24)31(3,4)36/h6-15,17,21,27-28,36H,16,18-19H2,1-5H3,(H,32,35)/t21-,27-,28-/m1/s1. The number of likely N-dealkylation sites (N-methyl/N-ethyl adjacent to an activating group) is 1. The number of amides is 1. The van der Waals surface area contributed by atoms with Crippen molar-refractivity contribution in [3.05, 3.63) is 89.0 Å². The van der Waals surface area contributed by atoms with Gasteiger partial charge < -0.3 is 15.3 Å². The molecule has 0 unspecified atom stereocenters. The Bertz CT molecular complexity index is 1280. The number of anilines is 1. The summed E-state index contributed by atoms with van der Waals surface area (Å²) in [5, 5.41) is 13.6. The van der Waals surface area contributed by atoms with Gasteiger partial charge in [-0.1, -0.05) is 42.5 Å². The maximum atomic E-state index is 13.4. The molecule has 5 heteroatoms. The number of nitrogens with zero attached hydrogens (tertiary/aromatic N) is 2. The SMILES string of the molecule is Cc1ccc(N2C[C@H]3C[C@@H]2CN3C)cc1C(=O)N[C@H](C)c1cccc(-c2cccc(C(C)(C)O)c2)c1. The van der Waals surface area contributed by atoms with Crippen molar-refractivity contribution < 1.29 is 9.90 Å². The molecule has 5 rings (SSSR count). The van der Waals surface area contributed by atoms with Crippen molar-refractivity contribution >= 4 is 11.6 Å². The van der Waals surface area contributed by atoms with Crippen molar-refractivity contribution in [3.8, 4) is 11.1 Å².